The van der Waals surface area contributed by atoms with E-state index in [4.69, 9.17) is 10.9 Å². The van der Waals surface area contributed by atoms with Crippen LogP contribution in [-0.4, -0.2) is 39.9 Å². The fourth-order valence-electron chi connectivity index (χ4n) is 2.62. The summed E-state index contributed by atoms with van der Waals surface area (Å²) < 4.78 is 43.3. The molecule has 0 unspecified atom stereocenters. The van der Waals surface area contributed by atoms with Gasteiger partial charge in [0.05, 0.1) is 0 Å². The van der Waals surface area contributed by atoms with Crippen molar-refractivity contribution in [3.63, 3.8) is 0 Å². The molecule has 4 rings (SSSR count). The van der Waals surface area contributed by atoms with E-state index in [9.17, 15) is 6.21 Å². The molecule has 0 radical (unpaired) electrons. The molecule has 0 aliphatic rings. The van der Waals surface area contributed by atoms with Crippen LogP contribution in [0.15, 0.2) is 109 Å². The molecule has 0 fully saturated rings. The third kappa shape index (κ3) is 6.31. The molecule has 4 aromatic carbocycles. The van der Waals surface area contributed by atoms with Crippen molar-refractivity contribution in [1.82, 2.24) is 0 Å². The van der Waals surface area contributed by atoms with Crippen LogP contribution in [0, 0.1) is 0 Å². The predicted molar refractivity (Wildman–Crippen MR) is 119 cm³/mol. The van der Waals surface area contributed by atoms with Gasteiger partial charge in [-0.3, -0.25) is 0 Å². The Morgan fingerprint density at radius 1 is 0.419 bits per heavy atom. The monoisotopic (exact) mass is 646 g/mol. The third-order valence-electron chi connectivity index (χ3n) is 4.11. The van der Waals surface area contributed by atoms with Gasteiger partial charge in [-0.25, -0.2) is 0 Å². The first-order valence-corrected chi connectivity index (χ1v) is 15.5. The Morgan fingerprint density at radius 2 is 0.742 bits per heavy atom. The molecule has 7 heteroatoms. The Morgan fingerprint density at radius 3 is 1.10 bits per heavy atom. The Bertz CT molecular complexity index is 1070. The molecule has 31 heavy (non-hydrogen) atoms. The van der Waals surface area contributed by atoms with E-state index < -0.39 is 39.9 Å². The van der Waals surface area contributed by atoms with E-state index in [0.717, 1.165) is 11.5 Å². The second kappa shape index (κ2) is 10.8. The molecular weight excluding hydrogens is 623 g/mol. The predicted octanol–water partition coefficient (Wildman–Crippen LogP) is 4.24. The van der Waals surface area contributed by atoms with E-state index in [2.05, 4.69) is 0 Å². The quantitative estimate of drug-likeness (QED) is 0.270. The summed E-state index contributed by atoms with van der Waals surface area (Å²) in [5.74, 6) is 2.71. The topological polar surface area (TPSA) is 61.8 Å². The molecule has 156 valence electrons. The Labute approximate surface area is 195 Å². The molecule has 0 aliphatic carbocycles. The van der Waals surface area contributed by atoms with Crippen LogP contribution in [0.5, 0.6) is 23.0 Å². The number of hydrogen-bond acceptors (Lipinski definition) is 5. The number of ether oxygens (including phenoxy) is 2. The summed E-state index contributed by atoms with van der Waals surface area (Å²) in [6.07, 6.45) is 0. The van der Waals surface area contributed by atoms with E-state index in [1.165, 1.54) is 0 Å². The SMILES string of the molecule is O=[Te](O[Te](=O)c1ccc(Oc2ccccc2)cc1)c1ccc(Oc2ccccc2)cc1. The van der Waals surface area contributed by atoms with Crippen molar-refractivity contribution in [2.45, 2.75) is 0 Å². The number of para-hydroxylation sites is 2. The first-order valence-electron chi connectivity index (χ1n) is 9.36. The molecule has 0 bridgehead atoms. The summed E-state index contributed by atoms with van der Waals surface area (Å²) in [6.45, 7) is 0. The van der Waals surface area contributed by atoms with Gasteiger partial charge in [0.25, 0.3) is 0 Å². The molecule has 0 heterocycles. The average Bonchev–Trinajstić information content (AvgIpc) is 2.81. The van der Waals surface area contributed by atoms with Crippen molar-refractivity contribution in [2.24, 2.45) is 0 Å². The van der Waals surface area contributed by atoms with Gasteiger partial charge < -0.3 is 0 Å². The Balaban J connectivity index is 1.35. The van der Waals surface area contributed by atoms with Gasteiger partial charge in [-0.15, -0.1) is 0 Å². The van der Waals surface area contributed by atoms with Gasteiger partial charge in [0, 0.05) is 0 Å². The minimum absolute atomic E-state index is 0.565. The zero-order valence-electron chi connectivity index (χ0n) is 16.3. The molecular formula is C24H18O5Te2. The molecule has 0 aromatic heterocycles. The number of benzene rings is 4. The van der Waals surface area contributed by atoms with Crippen molar-refractivity contribution in [2.75, 3.05) is 0 Å². The van der Waals surface area contributed by atoms with Crippen molar-refractivity contribution in [3.05, 3.63) is 109 Å². The van der Waals surface area contributed by atoms with E-state index in [0.29, 0.717) is 18.7 Å². The molecule has 0 amide bonds. The van der Waals surface area contributed by atoms with Gasteiger partial charge in [-0.2, -0.15) is 0 Å². The normalized spacial score (nSPS) is 10.9. The van der Waals surface area contributed by atoms with Crippen LogP contribution in [0.3, 0.4) is 0 Å². The average molecular weight is 642 g/mol. The van der Waals surface area contributed by atoms with Crippen LogP contribution in [0.2, 0.25) is 0 Å². The standard InChI is InChI=1S/C24H18O5Te2/c25-30(23-15-11-21(12-16-23)27-19-7-3-1-4-8-19)29-31(26)24-17-13-22(14-18-24)28-20-9-5-2-6-10-20/h1-18H. The molecule has 5 nitrogen and oxygen atoms in total. The van der Waals surface area contributed by atoms with Crippen LogP contribution in [-0.2, 0) is 7.67 Å². The summed E-state index contributed by atoms with van der Waals surface area (Å²) >= 11 is -6.75. The van der Waals surface area contributed by atoms with Crippen LogP contribution in [0.25, 0.3) is 0 Å². The fourth-order valence-corrected chi connectivity index (χ4v) is 10.6. The summed E-state index contributed by atoms with van der Waals surface area (Å²) in [6, 6.07) is 32.5. The number of rotatable bonds is 8. The van der Waals surface area contributed by atoms with E-state index >= 15 is 0 Å². The van der Waals surface area contributed by atoms with E-state index in [-0.39, 0.29) is 0 Å². The third-order valence-corrected chi connectivity index (χ3v) is 13.3. The molecule has 0 atom stereocenters. The summed E-state index contributed by atoms with van der Waals surface area (Å²) in [5, 5.41) is 0. The van der Waals surface area contributed by atoms with Crippen LogP contribution in [0.1, 0.15) is 0 Å². The van der Waals surface area contributed by atoms with Crippen LogP contribution >= 0.6 is 0 Å². The zero-order chi connectivity index (χ0) is 21.5. The van der Waals surface area contributed by atoms with Gasteiger partial charge in [0.2, 0.25) is 0 Å². The van der Waals surface area contributed by atoms with Crippen molar-refractivity contribution >= 4 is 47.1 Å². The molecule has 0 aliphatic heterocycles. The maximum atomic E-state index is 12.6. The van der Waals surface area contributed by atoms with Crippen molar-refractivity contribution < 1.29 is 17.1 Å². The fraction of sp³-hybridized carbons (Fsp3) is 0. The first-order chi connectivity index (χ1) is 15.2. The molecule has 4 aromatic rings. The van der Waals surface area contributed by atoms with E-state index in [1.807, 2.05) is 60.7 Å². The number of hydrogen-bond donors (Lipinski definition) is 0. The minimum atomic E-state index is -3.37. The van der Waals surface area contributed by atoms with Gasteiger partial charge >= 0.3 is 196 Å². The Hall–Kier alpha value is -2.38. The van der Waals surface area contributed by atoms with Crippen molar-refractivity contribution in [3.8, 4) is 23.0 Å². The first kappa shape index (κ1) is 21.8. The zero-order valence-corrected chi connectivity index (χ0v) is 20.9. The van der Waals surface area contributed by atoms with Gasteiger partial charge in [-0.05, 0) is 0 Å². The maximum absolute atomic E-state index is 12.6. The van der Waals surface area contributed by atoms with Crippen molar-refractivity contribution in [1.29, 1.82) is 0 Å². The summed E-state index contributed by atoms with van der Waals surface area (Å²) in [7, 11) is 0. The second-order valence-electron chi connectivity index (χ2n) is 6.31. The summed E-state index contributed by atoms with van der Waals surface area (Å²) in [4.78, 5) is 0. The molecule has 0 N–H and O–H groups in total. The molecule has 0 saturated heterocycles. The Kier molecular flexibility index (Phi) is 7.59. The van der Waals surface area contributed by atoms with Gasteiger partial charge in [-0.1, -0.05) is 0 Å². The second-order valence-corrected chi connectivity index (χ2v) is 14.7. The van der Waals surface area contributed by atoms with Crippen LogP contribution in [0.4, 0.5) is 0 Å². The van der Waals surface area contributed by atoms with Gasteiger partial charge in [0.1, 0.15) is 0 Å². The van der Waals surface area contributed by atoms with E-state index in [1.54, 1.807) is 48.5 Å². The van der Waals surface area contributed by atoms with Crippen LogP contribution < -0.4 is 16.7 Å². The summed E-state index contributed by atoms with van der Waals surface area (Å²) in [5.41, 5.74) is 0. The molecule has 0 spiro atoms. The molecule has 0 saturated carbocycles. The van der Waals surface area contributed by atoms with Gasteiger partial charge in [0.15, 0.2) is 0 Å².